The quantitative estimate of drug-likeness (QED) is 0.152. The van der Waals surface area contributed by atoms with Crippen LogP contribution in [0.5, 0.6) is 0 Å². The van der Waals surface area contributed by atoms with Crippen LogP contribution in [0.2, 0.25) is 0 Å². The highest BCUT2D eigenvalue weighted by molar-refractivity contribution is 7.18. The van der Waals surface area contributed by atoms with Gasteiger partial charge in [0.1, 0.15) is 4.83 Å². The standard InChI is InChI=1S/2C8H7N.4C7H5NS.CH4/c1-3-7-4-2-6-9-8(7)5-1;1-2-7-4-5-9-6-8(7)3-1;1-3-8-5-6-2-4-9-7(1)6;1-3-8-5-7-6(1)2-4-9-7;1-2-7-6(8-4-1)3-5-9-7;1-2-6-3-5-9-7(6)8-4-1;/h2*2-6H,1H2;4*1-5H;1H4. The first kappa shape index (κ1) is 38.9. The van der Waals surface area contributed by atoms with E-state index in [0.29, 0.717) is 0 Å². The molecule has 0 aromatic carbocycles. The van der Waals surface area contributed by atoms with E-state index in [0.717, 1.165) is 28.5 Å². The van der Waals surface area contributed by atoms with E-state index in [9.17, 15) is 0 Å². The summed E-state index contributed by atoms with van der Waals surface area (Å²) >= 11 is 6.87. The minimum Gasteiger partial charge on any atom is -0.264 e. The highest BCUT2D eigenvalue weighted by Crippen LogP contribution is 2.19. The number of aromatic nitrogens is 6. The second-order valence-corrected chi connectivity index (χ2v) is 15.3. The average Bonchev–Trinajstić information content (AvgIpc) is 4.09. The van der Waals surface area contributed by atoms with Crippen molar-refractivity contribution in [2.24, 2.45) is 0 Å². The molecule has 0 spiro atoms. The molecule has 10 aromatic heterocycles. The molecule has 0 fully saturated rings. The van der Waals surface area contributed by atoms with Gasteiger partial charge in [0.25, 0.3) is 0 Å². The van der Waals surface area contributed by atoms with Gasteiger partial charge in [0, 0.05) is 71.2 Å². The molecule has 0 saturated heterocycles. The number of fused-ring (bicyclic) bond motifs is 6. The maximum Gasteiger partial charge on any atom is 0.123 e. The third-order valence-corrected chi connectivity index (χ3v) is 11.5. The van der Waals surface area contributed by atoms with E-state index in [2.05, 4.69) is 112 Å². The first-order valence-electron chi connectivity index (χ1n) is 17.1. The second kappa shape index (κ2) is 20.6. The lowest BCUT2D eigenvalue weighted by Crippen LogP contribution is -2.23. The summed E-state index contributed by atoms with van der Waals surface area (Å²) in [5.74, 6) is 0. The molecule has 12 rings (SSSR count). The number of rotatable bonds is 0. The van der Waals surface area contributed by atoms with E-state index in [4.69, 9.17) is 0 Å². The van der Waals surface area contributed by atoms with E-state index < -0.39 is 0 Å². The Bertz CT molecular complexity index is 2430. The Kier molecular flexibility index (Phi) is 14.6. The van der Waals surface area contributed by atoms with Crippen LogP contribution in [0, 0.1) is 0 Å². The van der Waals surface area contributed by atoms with Gasteiger partial charge < -0.3 is 0 Å². The van der Waals surface area contributed by atoms with E-state index in [-0.39, 0.29) is 7.43 Å². The molecule has 0 bridgehead atoms. The summed E-state index contributed by atoms with van der Waals surface area (Å²) in [6.45, 7) is 0. The van der Waals surface area contributed by atoms with Crippen LogP contribution in [-0.2, 0) is 0 Å². The van der Waals surface area contributed by atoms with Gasteiger partial charge in [-0.2, -0.15) is 0 Å². The fourth-order valence-corrected chi connectivity index (χ4v) is 8.36. The Labute approximate surface area is 335 Å². The van der Waals surface area contributed by atoms with Crippen molar-refractivity contribution in [1.82, 2.24) is 29.9 Å². The third-order valence-electron chi connectivity index (χ3n) is 8.04. The van der Waals surface area contributed by atoms with E-state index in [1.807, 2.05) is 98.2 Å². The maximum atomic E-state index is 4.17. The van der Waals surface area contributed by atoms with Gasteiger partial charge in [0.15, 0.2) is 0 Å². The summed E-state index contributed by atoms with van der Waals surface area (Å²) in [5.41, 5.74) is 1.10. The molecule has 0 N–H and O–H groups in total. The summed E-state index contributed by atoms with van der Waals surface area (Å²) in [6, 6.07) is 26.5. The summed E-state index contributed by atoms with van der Waals surface area (Å²) in [4.78, 5) is 25.6. The Balaban J connectivity index is 0.000000112. The van der Waals surface area contributed by atoms with Crippen molar-refractivity contribution in [3.8, 4) is 0 Å². The average molecular weight is 791 g/mol. The van der Waals surface area contributed by atoms with Gasteiger partial charge >= 0.3 is 0 Å². The van der Waals surface area contributed by atoms with Gasteiger partial charge in [0.2, 0.25) is 0 Å². The van der Waals surface area contributed by atoms with Crippen molar-refractivity contribution < 1.29 is 0 Å². The molecule has 0 amide bonds. The molecule has 10 heterocycles. The summed E-state index contributed by atoms with van der Waals surface area (Å²) in [7, 11) is 0. The first-order chi connectivity index (χ1) is 26.8. The zero-order chi connectivity index (χ0) is 36.6. The molecule has 55 heavy (non-hydrogen) atoms. The molecule has 0 atom stereocenters. The molecule has 272 valence electrons. The highest BCUT2D eigenvalue weighted by Gasteiger charge is 1.93. The van der Waals surface area contributed by atoms with Gasteiger partial charge in [-0.15, -0.1) is 45.3 Å². The molecular formula is C45H38N6S4. The van der Waals surface area contributed by atoms with Crippen molar-refractivity contribution in [1.29, 1.82) is 0 Å². The zero-order valence-electron chi connectivity index (χ0n) is 29.1. The van der Waals surface area contributed by atoms with Crippen LogP contribution in [0.15, 0.2) is 156 Å². The normalized spacial score (nSPS) is 11.2. The zero-order valence-corrected chi connectivity index (χ0v) is 32.3. The van der Waals surface area contributed by atoms with Crippen LogP contribution in [0.1, 0.15) is 20.3 Å². The van der Waals surface area contributed by atoms with Crippen LogP contribution >= 0.6 is 45.3 Å². The lowest BCUT2D eigenvalue weighted by molar-refractivity contribution is 1.23. The highest BCUT2D eigenvalue weighted by atomic mass is 32.1. The minimum absolute atomic E-state index is 0. The molecule has 10 heteroatoms. The third kappa shape index (κ3) is 11.1. The summed E-state index contributed by atoms with van der Waals surface area (Å²) < 4.78 is 3.83. The topological polar surface area (TPSA) is 77.3 Å². The molecule has 0 aliphatic heterocycles. The number of hydrogen-bond donors (Lipinski definition) is 0. The number of hydrogen-bond acceptors (Lipinski definition) is 10. The second-order valence-electron chi connectivity index (χ2n) is 11.6. The molecule has 10 aromatic rings. The van der Waals surface area contributed by atoms with Crippen molar-refractivity contribution in [3.05, 3.63) is 177 Å². The lowest BCUT2D eigenvalue weighted by Gasteiger charge is -1.81. The fraction of sp³-hybridized carbons (Fsp3) is 0.0667. The fourth-order valence-electron chi connectivity index (χ4n) is 5.37. The van der Waals surface area contributed by atoms with Crippen LogP contribution in [0.4, 0.5) is 0 Å². The number of thiophene rings is 4. The first-order valence-corrected chi connectivity index (χ1v) is 20.6. The van der Waals surface area contributed by atoms with Crippen LogP contribution in [-0.4, -0.2) is 29.9 Å². The Hall–Kier alpha value is -5.78. The number of pyridine rings is 6. The van der Waals surface area contributed by atoms with Gasteiger partial charge in [0.05, 0.1) is 20.3 Å². The van der Waals surface area contributed by atoms with Crippen molar-refractivity contribution in [3.63, 3.8) is 0 Å². The molecule has 0 saturated carbocycles. The Morgan fingerprint density at radius 1 is 0.400 bits per heavy atom. The molecule has 0 radical (unpaired) electrons. The number of nitrogens with zero attached hydrogens (tertiary/aromatic N) is 6. The summed E-state index contributed by atoms with van der Waals surface area (Å²) in [5, 5.41) is 17.0. The van der Waals surface area contributed by atoms with Crippen molar-refractivity contribution in [2.75, 3.05) is 0 Å². The summed E-state index contributed by atoms with van der Waals surface area (Å²) in [6.07, 6.45) is 27.4. The molecule has 2 aliphatic carbocycles. The van der Waals surface area contributed by atoms with E-state index in [1.54, 1.807) is 45.3 Å². The molecule has 6 nitrogen and oxygen atoms in total. The van der Waals surface area contributed by atoms with Gasteiger partial charge in [-0.05, 0) is 122 Å². The maximum absolute atomic E-state index is 4.17. The lowest BCUT2D eigenvalue weighted by atomic mass is 10.3. The van der Waals surface area contributed by atoms with Crippen molar-refractivity contribution in [2.45, 2.75) is 20.3 Å². The smallest absolute Gasteiger partial charge is 0.123 e. The van der Waals surface area contributed by atoms with Crippen LogP contribution < -0.4 is 21.0 Å². The van der Waals surface area contributed by atoms with Crippen molar-refractivity contribution >= 4 is 110 Å². The van der Waals surface area contributed by atoms with Crippen LogP contribution in [0.3, 0.4) is 0 Å². The van der Waals surface area contributed by atoms with E-state index in [1.165, 1.54) is 45.9 Å². The van der Waals surface area contributed by atoms with Crippen LogP contribution in [0.25, 0.3) is 64.9 Å². The molecule has 0 unspecified atom stereocenters. The van der Waals surface area contributed by atoms with Gasteiger partial charge in [-0.25, -0.2) is 4.98 Å². The monoisotopic (exact) mass is 790 g/mol. The SMILES string of the molecule is C.C1=c2cccnc2=CC1.C1=c2ccncc2=CC1.c1cc2ccsc2cn1.c1cc2sccc2cn1.c1cnc2ccsc2c1.c1cnc2sccc2c1. The predicted octanol–water partition coefficient (Wildman–Crippen LogP) is 9.91. The molecular weight excluding hydrogens is 753 g/mol. The Morgan fingerprint density at radius 3 is 1.91 bits per heavy atom. The van der Waals surface area contributed by atoms with E-state index >= 15 is 0 Å². The minimum atomic E-state index is 0. The van der Waals surface area contributed by atoms with Gasteiger partial charge in [-0.1, -0.05) is 43.9 Å². The predicted molar refractivity (Wildman–Crippen MR) is 239 cm³/mol. The Morgan fingerprint density at radius 2 is 1.05 bits per heavy atom. The molecule has 2 aliphatic rings. The van der Waals surface area contributed by atoms with Gasteiger partial charge in [-0.3, -0.25) is 24.9 Å². The largest absolute Gasteiger partial charge is 0.264 e.